The molecule has 1 heterocycles. The summed E-state index contributed by atoms with van der Waals surface area (Å²) < 4.78 is 0. The Hall–Kier alpha value is -2.21. The molecule has 6 heteroatoms. The second-order valence-electron chi connectivity index (χ2n) is 3.84. The number of nitrogens with zero attached hydrogens (tertiary/aromatic N) is 3. The third-order valence-electron chi connectivity index (χ3n) is 2.51. The number of rotatable bonds is 3. The van der Waals surface area contributed by atoms with Gasteiger partial charge in [-0.25, -0.2) is 10.0 Å². The zero-order valence-electron chi connectivity index (χ0n) is 9.45. The van der Waals surface area contributed by atoms with Gasteiger partial charge in [-0.05, 0) is 17.7 Å². The van der Waals surface area contributed by atoms with Crippen molar-refractivity contribution < 1.29 is 9.72 Å². The first kappa shape index (κ1) is 11.3. The van der Waals surface area contributed by atoms with Crippen molar-refractivity contribution in [2.75, 3.05) is 14.1 Å². The summed E-state index contributed by atoms with van der Waals surface area (Å²) in [5.74, 6) is -0.108. The van der Waals surface area contributed by atoms with Crippen molar-refractivity contribution in [3.05, 3.63) is 46.1 Å². The lowest BCUT2D eigenvalue weighted by Gasteiger charge is -2.33. The van der Waals surface area contributed by atoms with Gasteiger partial charge >= 0.3 is 0 Å². The van der Waals surface area contributed by atoms with Crippen LogP contribution >= 0.6 is 0 Å². The fourth-order valence-corrected chi connectivity index (χ4v) is 1.55. The maximum absolute atomic E-state index is 11.7. The summed E-state index contributed by atoms with van der Waals surface area (Å²) in [7, 11) is 3.53. The fourth-order valence-electron chi connectivity index (χ4n) is 1.55. The molecule has 0 aromatic heterocycles. The lowest BCUT2D eigenvalue weighted by Crippen LogP contribution is -2.44. The minimum atomic E-state index is -0.465. The molecule has 0 aliphatic carbocycles. The predicted octanol–water partition coefficient (Wildman–Crippen LogP) is 1.25. The van der Waals surface area contributed by atoms with Crippen molar-refractivity contribution in [1.82, 2.24) is 10.0 Å². The molecule has 0 bridgehead atoms. The molecular weight excluding hydrogens is 222 g/mol. The number of carbonyl (C=O) groups is 1. The van der Waals surface area contributed by atoms with Crippen molar-refractivity contribution >= 4 is 17.2 Å². The summed E-state index contributed by atoms with van der Waals surface area (Å²) in [5.41, 5.74) is 1.28. The van der Waals surface area contributed by atoms with Crippen molar-refractivity contribution in [3.8, 4) is 0 Å². The molecule has 0 saturated carbocycles. The van der Waals surface area contributed by atoms with Crippen LogP contribution in [0.4, 0.5) is 5.69 Å². The summed E-state index contributed by atoms with van der Waals surface area (Å²) in [6.45, 7) is 0. The summed E-state index contributed by atoms with van der Waals surface area (Å²) in [6, 6.07) is 5.94. The van der Waals surface area contributed by atoms with Gasteiger partial charge in [0, 0.05) is 32.4 Å². The van der Waals surface area contributed by atoms with Crippen molar-refractivity contribution in [3.63, 3.8) is 0 Å². The lowest BCUT2D eigenvalue weighted by molar-refractivity contribution is -0.384. The van der Waals surface area contributed by atoms with Gasteiger partial charge in [-0.1, -0.05) is 0 Å². The molecule has 17 heavy (non-hydrogen) atoms. The highest BCUT2D eigenvalue weighted by molar-refractivity contribution is 6.24. The minimum absolute atomic E-state index is 0.0191. The number of hydrogen-bond acceptors (Lipinski definition) is 4. The predicted molar refractivity (Wildman–Crippen MR) is 61.6 cm³/mol. The number of benzene rings is 1. The number of hydrazine groups is 1. The molecule has 1 aliphatic heterocycles. The number of nitro benzene ring substituents is 1. The number of non-ortho nitro benzene ring substituents is 1. The van der Waals surface area contributed by atoms with Gasteiger partial charge in [-0.15, -0.1) is 0 Å². The van der Waals surface area contributed by atoms with Crippen LogP contribution in [0.1, 0.15) is 5.56 Å². The van der Waals surface area contributed by atoms with Gasteiger partial charge in [0.2, 0.25) is 0 Å². The first-order valence-corrected chi connectivity index (χ1v) is 4.98. The summed E-state index contributed by atoms with van der Waals surface area (Å²) in [6.07, 6.45) is 1.70. The standard InChI is InChI=1S/C11H11N3O3/c1-12(2)13-7-10(11(13)15)8-3-5-9(6-4-8)14(16)17/h3-7H,1-2H3. The van der Waals surface area contributed by atoms with Crippen LogP contribution < -0.4 is 0 Å². The van der Waals surface area contributed by atoms with E-state index in [4.69, 9.17) is 0 Å². The Balaban J connectivity index is 2.23. The van der Waals surface area contributed by atoms with Crippen molar-refractivity contribution in [2.24, 2.45) is 0 Å². The number of amides is 1. The smallest absolute Gasteiger partial charge is 0.267 e. The van der Waals surface area contributed by atoms with Crippen LogP contribution in [-0.4, -0.2) is 34.9 Å². The average Bonchev–Trinajstić information content (AvgIpc) is 2.27. The van der Waals surface area contributed by atoms with Gasteiger partial charge in [0.1, 0.15) is 0 Å². The average molecular weight is 233 g/mol. The molecule has 1 aromatic carbocycles. The monoisotopic (exact) mass is 233 g/mol. The highest BCUT2D eigenvalue weighted by atomic mass is 16.6. The van der Waals surface area contributed by atoms with Crippen LogP contribution in [0.25, 0.3) is 5.57 Å². The van der Waals surface area contributed by atoms with Gasteiger partial charge in [0.15, 0.2) is 0 Å². The molecular formula is C11H11N3O3. The molecule has 1 amide bonds. The Morgan fingerprint density at radius 3 is 2.24 bits per heavy atom. The number of carbonyl (C=O) groups excluding carboxylic acids is 1. The molecule has 1 aromatic rings. The van der Waals surface area contributed by atoms with Gasteiger partial charge in [0.25, 0.3) is 11.6 Å². The van der Waals surface area contributed by atoms with E-state index in [1.54, 1.807) is 37.4 Å². The number of nitro groups is 1. The van der Waals surface area contributed by atoms with E-state index in [2.05, 4.69) is 0 Å². The topological polar surface area (TPSA) is 66.7 Å². The van der Waals surface area contributed by atoms with E-state index < -0.39 is 4.92 Å². The van der Waals surface area contributed by atoms with E-state index in [0.29, 0.717) is 11.1 Å². The Kier molecular flexibility index (Phi) is 2.64. The molecule has 6 nitrogen and oxygen atoms in total. The molecule has 0 atom stereocenters. The van der Waals surface area contributed by atoms with E-state index in [0.717, 1.165) is 0 Å². The van der Waals surface area contributed by atoms with Crippen LogP contribution in [0.3, 0.4) is 0 Å². The largest absolute Gasteiger partial charge is 0.274 e. The van der Waals surface area contributed by atoms with E-state index >= 15 is 0 Å². The van der Waals surface area contributed by atoms with Gasteiger partial charge in [0.05, 0.1) is 10.5 Å². The molecule has 0 N–H and O–H groups in total. The van der Waals surface area contributed by atoms with Crippen LogP contribution in [0, 0.1) is 10.1 Å². The Morgan fingerprint density at radius 2 is 1.82 bits per heavy atom. The van der Waals surface area contributed by atoms with Crippen molar-refractivity contribution in [1.29, 1.82) is 0 Å². The normalized spacial score (nSPS) is 14.6. The van der Waals surface area contributed by atoms with E-state index in [-0.39, 0.29) is 11.6 Å². The highest BCUT2D eigenvalue weighted by Crippen LogP contribution is 2.27. The first-order valence-electron chi connectivity index (χ1n) is 4.98. The van der Waals surface area contributed by atoms with Crippen molar-refractivity contribution in [2.45, 2.75) is 0 Å². The Bertz CT molecular complexity index is 505. The third-order valence-corrected chi connectivity index (χ3v) is 2.51. The van der Waals surface area contributed by atoms with Gasteiger partial charge < -0.3 is 0 Å². The van der Waals surface area contributed by atoms with Gasteiger partial charge in [-0.3, -0.25) is 14.9 Å². The molecule has 0 spiro atoms. The first-order chi connectivity index (χ1) is 8.00. The van der Waals surface area contributed by atoms with Crippen LogP contribution in [0.2, 0.25) is 0 Å². The molecule has 0 fully saturated rings. The second kappa shape index (κ2) is 3.99. The highest BCUT2D eigenvalue weighted by Gasteiger charge is 2.29. The Labute approximate surface area is 97.9 Å². The maximum atomic E-state index is 11.7. The second-order valence-corrected chi connectivity index (χ2v) is 3.84. The molecule has 88 valence electrons. The van der Waals surface area contributed by atoms with Crippen LogP contribution in [0.5, 0.6) is 0 Å². The molecule has 0 radical (unpaired) electrons. The quantitative estimate of drug-likeness (QED) is 0.582. The summed E-state index contributed by atoms with van der Waals surface area (Å²) >= 11 is 0. The zero-order chi connectivity index (χ0) is 12.6. The third kappa shape index (κ3) is 1.90. The summed E-state index contributed by atoms with van der Waals surface area (Å²) in [5, 5.41) is 13.6. The number of hydrogen-bond donors (Lipinski definition) is 0. The van der Waals surface area contributed by atoms with E-state index in [1.807, 2.05) is 0 Å². The van der Waals surface area contributed by atoms with E-state index in [9.17, 15) is 14.9 Å². The van der Waals surface area contributed by atoms with Gasteiger partial charge in [-0.2, -0.15) is 0 Å². The SMILES string of the molecule is CN(C)N1C=C(c2ccc([N+](=O)[O-])cc2)C1=O. The maximum Gasteiger partial charge on any atom is 0.274 e. The van der Waals surface area contributed by atoms with Crippen LogP contribution in [-0.2, 0) is 4.79 Å². The zero-order valence-corrected chi connectivity index (χ0v) is 9.45. The van der Waals surface area contributed by atoms with Crippen LogP contribution in [0.15, 0.2) is 30.5 Å². The minimum Gasteiger partial charge on any atom is -0.267 e. The fraction of sp³-hybridized carbons (Fsp3) is 0.182. The van der Waals surface area contributed by atoms with E-state index in [1.165, 1.54) is 17.1 Å². The molecule has 0 unspecified atom stereocenters. The Morgan fingerprint density at radius 1 is 1.24 bits per heavy atom. The molecule has 0 saturated heterocycles. The molecule has 1 aliphatic rings. The summed E-state index contributed by atoms with van der Waals surface area (Å²) in [4.78, 5) is 21.7. The molecule has 2 rings (SSSR count). The lowest BCUT2D eigenvalue weighted by atomic mass is 10.0.